The van der Waals surface area contributed by atoms with Gasteiger partial charge in [0.05, 0.1) is 5.75 Å². The molecule has 0 amide bonds. The summed E-state index contributed by atoms with van der Waals surface area (Å²) < 4.78 is 26.5. The molecule has 1 heterocycles. The first-order chi connectivity index (χ1) is 8.35. The molecule has 0 saturated carbocycles. The van der Waals surface area contributed by atoms with Crippen LogP contribution in [0.5, 0.6) is 0 Å². The average molecular weight is 276 g/mol. The normalized spacial score (nSPS) is 22.1. The zero-order valence-electron chi connectivity index (χ0n) is 12.0. The molecular formula is C13H28N2O2S. The summed E-state index contributed by atoms with van der Waals surface area (Å²) in [6, 6.07) is 0.384. The second-order valence-corrected chi connectivity index (χ2v) is 8.02. The van der Waals surface area contributed by atoms with E-state index in [-0.39, 0.29) is 11.2 Å². The van der Waals surface area contributed by atoms with E-state index in [0.29, 0.717) is 12.6 Å². The monoisotopic (exact) mass is 276 g/mol. The van der Waals surface area contributed by atoms with Gasteiger partial charge in [0.25, 0.3) is 0 Å². The lowest BCUT2D eigenvalue weighted by Crippen LogP contribution is -2.39. The van der Waals surface area contributed by atoms with Crippen LogP contribution in [0.1, 0.15) is 52.9 Å². The summed E-state index contributed by atoms with van der Waals surface area (Å²) >= 11 is 0. The summed E-state index contributed by atoms with van der Waals surface area (Å²) in [5, 5.41) is 3.38. The molecule has 0 spiro atoms. The van der Waals surface area contributed by atoms with Gasteiger partial charge in [-0.15, -0.1) is 0 Å². The maximum Gasteiger partial charge on any atom is 0.211 e. The number of sulfonamides is 1. The molecule has 1 aliphatic rings. The van der Waals surface area contributed by atoms with E-state index in [9.17, 15) is 8.42 Å². The second kappa shape index (κ2) is 6.87. The average Bonchev–Trinajstić information content (AvgIpc) is 2.36. The molecule has 1 aliphatic heterocycles. The number of hydrogen-bond donors (Lipinski definition) is 2. The number of nitrogens with one attached hydrogen (secondary N) is 2. The third-order valence-corrected chi connectivity index (χ3v) is 5.23. The molecule has 0 radical (unpaired) electrons. The minimum absolute atomic E-state index is 0.0379. The number of piperidine rings is 1. The fraction of sp³-hybridized carbons (Fsp3) is 1.00. The predicted octanol–water partition coefficient (Wildman–Crippen LogP) is 1.87. The van der Waals surface area contributed by atoms with Crippen LogP contribution in [0.4, 0.5) is 0 Å². The van der Waals surface area contributed by atoms with Gasteiger partial charge in [0.2, 0.25) is 10.0 Å². The third kappa shape index (κ3) is 6.16. The Bertz CT molecular complexity index is 333. The van der Waals surface area contributed by atoms with Gasteiger partial charge >= 0.3 is 0 Å². The number of hydrogen-bond acceptors (Lipinski definition) is 3. The van der Waals surface area contributed by atoms with E-state index in [4.69, 9.17) is 0 Å². The molecule has 0 aromatic heterocycles. The number of rotatable bonds is 7. The van der Waals surface area contributed by atoms with E-state index in [1.54, 1.807) is 0 Å². The van der Waals surface area contributed by atoms with Gasteiger partial charge in [0.1, 0.15) is 0 Å². The minimum atomic E-state index is -3.11. The maximum atomic E-state index is 11.9. The van der Waals surface area contributed by atoms with Crippen LogP contribution in [0.15, 0.2) is 0 Å². The van der Waals surface area contributed by atoms with E-state index in [1.165, 1.54) is 12.8 Å². The van der Waals surface area contributed by atoms with Crippen LogP contribution in [-0.2, 0) is 10.0 Å². The first-order valence-electron chi connectivity index (χ1n) is 7.05. The van der Waals surface area contributed by atoms with Crippen molar-refractivity contribution >= 4 is 10.0 Å². The Kier molecular flexibility index (Phi) is 6.08. The van der Waals surface area contributed by atoms with Gasteiger partial charge in [-0.25, -0.2) is 13.1 Å². The van der Waals surface area contributed by atoms with Gasteiger partial charge in [0, 0.05) is 12.6 Å². The van der Waals surface area contributed by atoms with E-state index < -0.39 is 10.0 Å². The summed E-state index contributed by atoms with van der Waals surface area (Å²) in [5.41, 5.74) is 0.0379. The molecule has 1 atom stereocenters. The van der Waals surface area contributed by atoms with Crippen molar-refractivity contribution in [3.05, 3.63) is 0 Å². The first-order valence-corrected chi connectivity index (χ1v) is 8.70. The van der Waals surface area contributed by atoms with Gasteiger partial charge in [-0.2, -0.15) is 0 Å². The van der Waals surface area contributed by atoms with E-state index in [2.05, 4.69) is 30.8 Å². The quantitative estimate of drug-likeness (QED) is 0.746. The highest BCUT2D eigenvalue weighted by Crippen LogP contribution is 2.18. The van der Waals surface area contributed by atoms with Gasteiger partial charge in [0.15, 0.2) is 0 Å². The molecule has 18 heavy (non-hydrogen) atoms. The van der Waals surface area contributed by atoms with E-state index in [1.807, 2.05) is 0 Å². The summed E-state index contributed by atoms with van der Waals surface area (Å²) in [5.74, 6) is 0.241. The Labute approximate surface area is 112 Å². The van der Waals surface area contributed by atoms with Crippen molar-refractivity contribution in [1.82, 2.24) is 10.0 Å². The summed E-state index contributed by atoms with van der Waals surface area (Å²) in [4.78, 5) is 0. The van der Waals surface area contributed by atoms with Gasteiger partial charge in [-0.3, -0.25) is 0 Å². The zero-order chi connectivity index (χ0) is 13.6. The Hall–Kier alpha value is -0.130. The van der Waals surface area contributed by atoms with Crippen molar-refractivity contribution in [2.24, 2.45) is 5.41 Å². The zero-order valence-corrected chi connectivity index (χ0v) is 12.8. The maximum absolute atomic E-state index is 11.9. The van der Waals surface area contributed by atoms with Crippen LogP contribution in [-0.4, -0.2) is 33.3 Å². The summed E-state index contributed by atoms with van der Waals surface area (Å²) in [6.45, 7) is 7.81. The van der Waals surface area contributed by atoms with Gasteiger partial charge in [-0.1, -0.05) is 27.2 Å². The van der Waals surface area contributed by atoms with E-state index >= 15 is 0 Å². The summed E-state index contributed by atoms with van der Waals surface area (Å²) in [6.07, 6.45) is 5.23. The first kappa shape index (κ1) is 15.9. The fourth-order valence-electron chi connectivity index (χ4n) is 1.97. The lowest BCUT2D eigenvalue weighted by Gasteiger charge is -2.25. The van der Waals surface area contributed by atoms with Crippen LogP contribution < -0.4 is 10.0 Å². The van der Waals surface area contributed by atoms with E-state index in [0.717, 1.165) is 25.8 Å². The Morgan fingerprint density at radius 3 is 2.61 bits per heavy atom. The smallest absolute Gasteiger partial charge is 0.211 e. The third-order valence-electron chi connectivity index (χ3n) is 3.88. The Morgan fingerprint density at radius 2 is 2.06 bits per heavy atom. The molecule has 1 saturated heterocycles. The fourth-order valence-corrected chi connectivity index (χ4v) is 3.32. The van der Waals surface area contributed by atoms with Crippen molar-refractivity contribution in [2.75, 3.05) is 18.8 Å². The molecule has 5 heteroatoms. The van der Waals surface area contributed by atoms with Gasteiger partial charge in [-0.05, 0) is 37.6 Å². The molecule has 0 bridgehead atoms. The summed E-state index contributed by atoms with van der Waals surface area (Å²) in [7, 11) is -3.11. The van der Waals surface area contributed by atoms with Crippen molar-refractivity contribution in [1.29, 1.82) is 0 Å². The molecule has 4 nitrogen and oxygen atoms in total. The standard InChI is InChI=1S/C13H28N2O2S/c1-4-13(2,3)11-15-18(16,17)10-8-12-7-5-6-9-14-12/h12,14-15H,4-11H2,1-3H3. The van der Waals surface area contributed by atoms with Crippen molar-refractivity contribution in [3.63, 3.8) is 0 Å². The lowest BCUT2D eigenvalue weighted by atomic mass is 9.91. The molecule has 108 valence electrons. The lowest BCUT2D eigenvalue weighted by molar-refractivity contribution is 0.349. The molecule has 1 unspecified atom stereocenters. The van der Waals surface area contributed by atoms with Crippen LogP contribution in [0.25, 0.3) is 0 Å². The Morgan fingerprint density at radius 1 is 1.33 bits per heavy atom. The minimum Gasteiger partial charge on any atom is -0.314 e. The van der Waals surface area contributed by atoms with Crippen molar-refractivity contribution in [3.8, 4) is 0 Å². The molecule has 0 aliphatic carbocycles. The van der Waals surface area contributed by atoms with Crippen LogP contribution >= 0.6 is 0 Å². The van der Waals surface area contributed by atoms with Crippen molar-refractivity contribution in [2.45, 2.75) is 58.9 Å². The highest BCUT2D eigenvalue weighted by Gasteiger charge is 2.21. The van der Waals surface area contributed by atoms with Crippen LogP contribution in [0, 0.1) is 5.41 Å². The topological polar surface area (TPSA) is 58.2 Å². The molecule has 0 aromatic rings. The van der Waals surface area contributed by atoms with Crippen LogP contribution in [0.2, 0.25) is 0 Å². The molecule has 1 rings (SSSR count). The Balaban J connectivity index is 2.30. The second-order valence-electron chi connectivity index (χ2n) is 6.09. The highest BCUT2D eigenvalue weighted by atomic mass is 32.2. The molecule has 0 aromatic carbocycles. The largest absolute Gasteiger partial charge is 0.314 e. The predicted molar refractivity (Wildman–Crippen MR) is 76.1 cm³/mol. The molecular weight excluding hydrogens is 248 g/mol. The SMILES string of the molecule is CCC(C)(C)CNS(=O)(=O)CCC1CCCCN1. The van der Waals surface area contributed by atoms with Crippen LogP contribution in [0.3, 0.4) is 0 Å². The van der Waals surface area contributed by atoms with Crippen molar-refractivity contribution < 1.29 is 8.42 Å². The molecule has 2 N–H and O–H groups in total. The van der Waals surface area contributed by atoms with Gasteiger partial charge < -0.3 is 5.32 Å². The molecule has 1 fully saturated rings. The highest BCUT2D eigenvalue weighted by molar-refractivity contribution is 7.89.